The van der Waals surface area contributed by atoms with E-state index in [0.29, 0.717) is 38.0 Å². The van der Waals surface area contributed by atoms with Gasteiger partial charge in [-0.15, -0.1) is 0 Å². The van der Waals surface area contributed by atoms with Crippen molar-refractivity contribution in [3.63, 3.8) is 0 Å². The molecule has 3 aliphatic heterocycles. The summed E-state index contributed by atoms with van der Waals surface area (Å²) in [5, 5.41) is 20.3. The van der Waals surface area contributed by atoms with Gasteiger partial charge in [0, 0.05) is 38.9 Å². The second-order valence-corrected chi connectivity index (χ2v) is 7.75. The summed E-state index contributed by atoms with van der Waals surface area (Å²) in [7, 11) is 0. The lowest BCUT2D eigenvalue weighted by Crippen LogP contribution is -2.61. The summed E-state index contributed by atoms with van der Waals surface area (Å²) in [4.78, 5) is 41.7. The molecule has 0 bridgehead atoms. The molecule has 9 nitrogen and oxygen atoms in total. The van der Waals surface area contributed by atoms with Crippen LogP contribution >= 0.6 is 0 Å². The number of aliphatic hydroxyl groups excluding tert-OH is 1. The van der Waals surface area contributed by atoms with Gasteiger partial charge in [-0.25, -0.2) is 4.98 Å². The number of amides is 2. The van der Waals surface area contributed by atoms with Crippen LogP contribution in [0.1, 0.15) is 42.5 Å². The maximum Gasteiger partial charge on any atom is 0.290 e. The SMILES string of the molecule is O=C(c1ccc(N2CC[C@H](O)[C@@]3(CCCNC3=O)C2)nc1)N1CCCC1.O=CO. The number of nitrogens with one attached hydrogen (secondary N) is 1. The number of hydrogen-bond acceptors (Lipinski definition) is 6. The van der Waals surface area contributed by atoms with Crippen molar-refractivity contribution in [2.75, 3.05) is 37.6 Å². The highest BCUT2D eigenvalue weighted by atomic mass is 16.3. The Morgan fingerprint density at radius 2 is 1.97 bits per heavy atom. The number of rotatable bonds is 2. The van der Waals surface area contributed by atoms with Crippen LogP contribution in [0.3, 0.4) is 0 Å². The molecule has 2 atom stereocenters. The summed E-state index contributed by atoms with van der Waals surface area (Å²) >= 11 is 0. The first-order valence-corrected chi connectivity index (χ1v) is 10.1. The molecule has 158 valence electrons. The minimum absolute atomic E-state index is 0.0405. The van der Waals surface area contributed by atoms with Crippen LogP contribution in [-0.4, -0.2) is 77.2 Å². The molecule has 0 unspecified atom stereocenters. The Morgan fingerprint density at radius 3 is 2.59 bits per heavy atom. The summed E-state index contributed by atoms with van der Waals surface area (Å²) in [5.41, 5.74) is -0.139. The van der Waals surface area contributed by atoms with E-state index in [1.807, 2.05) is 17.0 Å². The number of anilines is 1. The second-order valence-electron chi connectivity index (χ2n) is 7.75. The third-order valence-corrected chi connectivity index (χ3v) is 6.03. The van der Waals surface area contributed by atoms with E-state index < -0.39 is 11.5 Å². The van der Waals surface area contributed by atoms with Gasteiger partial charge in [0.1, 0.15) is 5.82 Å². The average molecular weight is 404 g/mol. The van der Waals surface area contributed by atoms with E-state index in [2.05, 4.69) is 15.2 Å². The summed E-state index contributed by atoms with van der Waals surface area (Å²) in [6.45, 7) is 3.19. The van der Waals surface area contributed by atoms with Gasteiger partial charge in [-0.1, -0.05) is 0 Å². The molecule has 1 spiro atoms. The highest BCUT2D eigenvalue weighted by Gasteiger charge is 2.50. The highest BCUT2D eigenvalue weighted by Crippen LogP contribution is 2.38. The average Bonchev–Trinajstić information content (AvgIpc) is 3.27. The highest BCUT2D eigenvalue weighted by molar-refractivity contribution is 5.94. The van der Waals surface area contributed by atoms with Gasteiger partial charge in [0.2, 0.25) is 5.91 Å². The third kappa shape index (κ3) is 4.34. The molecular formula is C20H28N4O5. The maximum absolute atomic E-state index is 12.5. The zero-order valence-corrected chi connectivity index (χ0v) is 16.4. The third-order valence-electron chi connectivity index (χ3n) is 6.03. The van der Waals surface area contributed by atoms with Gasteiger partial charge in [0.25, 0.3) is 12.4 Å². The Morgan fingerprint density at radius 1 is 1.24 bits per heavy atom. The van der Waals surface area contributed by atoms with Crippen molar-refractivity contribution in [2.45, 2.75) is 38.2 Å². The van der Waals surface area contributed by atoms with Gasteiger partial charge < -0.3 is 25.3 Å². The van der Waals surface area contributed by atoms with Crippen molar-refractivity contribution in [2.24, 2.45) is 5.41 Å². The van der Waals surface area contributed by atoms with Gasteiger partial charge in [-0.05, 0) is 44.2 Å². The smallest absolute Gasteiger partial charge is 0.290 e. The lowest BCUT2D eigenvalue weighted by molar-refractivity contribution is -0.142. The van der Waals surface area contributed by atoms with E-state index >= 15 is 0 Å². The molecule has 9 heteroatoms. The molecule has 0 aromatic carbocycles. The molecule has 3 aliphatic rings. The van der Waals surface area contributed by atoms with Crippen LogP contribution in [0.5, 0.6) is 0 Å². The van der Waals surface area contributed by atoms with E-state index in [9.17, 15) is 14.7 Å². The van der Waals surface area contributed by atoms with Crippen LogP contribution in [0.4, 0.5) is 5.82 Å². The number of aliphatic hydroxyl groups is 1. The molecule has 0 saturated carbocycles. The fourth-order valence-electron chi connectivity index (χ4n) is 4.44. The molecule has 4 rings (SSSR count). The van der Waals surface area contributed by atoms with Crippen molar-refractivity contribution in [1.82, 2.24) is 15.2 Å². The summed E-state index contributed by atoms with van der Waals surface area (Å²) in [6, 6.07) is 3.68. The number of aromatic nitrogens is 1. The molecule has 0 radical (unpaired) electrons. The van der Waals surface area contributed by atoms with E-state index in [0.717, 1.165) is 38.2 Å². The molecule has 1 aromatic rings. The summed E-state index contributed by atoms with van der Waals surface area (Å²) < 4.78 is 0. The van der Waals surface area contributed by atoms with Crippen molar-refractivity contribution >= 4 is 24.1 Å². The Kier molecular flexibility index (Phi) is 6.68. The number of carbonyl (C=O) groups is 3. The largest absolute Gasteiger partial charge is 0.483 e. The van der Waals surface area contributed by atoms with Crippen molar-refractivity contribution < 1.29 is 24.6 Å². The van der Waals surface area contributed by atoms with Gasteiger partial charge in [0.15, 0.2) is 0 Å². The van der Waals surface area contributed by atoms with Crippen molar-refractivity contribution in [3.05, 3.63) is 23.9 Å². The second kappa shape index (κ2) is 9.21. The first-order valence-electron chi connectivity index (χ1n) is 10.1. The molecule has 3 N–H and O–H groups in total. The summed E-state index contributed by atoms with van der Waals surface area (Å²) in [6.07, 6.45) is 5.28. The number of piperidine rings is 2. The maximum atomic E-state index is 12.5. The lowest BCUT2D eigenvalue weighted by Gasteiger charge is -2.47. The molecule has 29 heavy (non-hydrogen) atoms. The Labute approximate surface area is 169 Å². The van der Waals surface area contributed by atoms with E-state index in [-0.39, 0.29) is 18.3 Å². The van der Waals surface area contributed by atoms with E-state index in [4.69, 9.17) is 9.90 Å². The minimum Gasteiger partial charge on any atom is -0.483 e. The minimum atomic E-state index is -0.748. The van der Waals surface area contributed by atoms with Gasteiger partial charge in [-0.3, -0.25) is 14.4 Å². The molecule has 3 fully saturated rings. The van der Waals surface area contributed by atoms with Crippen molar-refractivity contribution in [1.29, 1.82) is 0 Å². The molecular weight excluding hydrogens is 376 g/mol. The molecule has 0 aliphatic carbocycles. The molecule has 2 amide bonds. The Bertz CT molecular complexity index is 735. The van der Waals surface area contributed by atoms with Crippen LogP contribution in [0.2, 0.25) is 0 Å². The van der Waals surface area contributed by atoms with Crippen LogP contribution in [0.15, 0.2) is 18.3 Å². The fourth-order valence-corrected chi connectivity index (χ4v) is 4.44. The summed E-state index contributed by atoms with van der Waals surface area (Å²) in [5.74, 6) is 0.744. The van der Waals surface area contributed by atoms with Gasteiger partial charge in [-0.2, -0.15) is 0 Å². The van der Waals surface area contributed by atoms with Crippen molar-refractivity contribution in [3.8, 4) is 0 Å². The standard InChI is InChI=1S/C19H26N4O3.CH2O2/c24-15-6-11-23(13-19(15)7-3-8-20-18(19)26)16-5-4-14(12-21-16)17(25)22-9-1-2-10-22;2-1-3/h4-5,12,15,24H,1-3,6-11,13H2,(H,20,26);1H,(H,2,3)/t15-,19+;/m0./s1. The topological polar surface area (TPSA) is 123 Å². The van der Waals surface area contributed by atoms with Crippen LogP contribution in [0, 0.1) is 5.41 Å². The lowest BCUT2D eigenvalue weighted by atomic mass is 9.71. The normalized spacial score (nSPS) is 26.5. The predicted octanol–water partition coefficient (Wildman–Crippen LogP) is 0.486. The first kappa shape index (κ1) is 21.0. The predicted molar refractivity (Wildman–Crippen MR) is 106 cm³/mol. The number of carboxylic acid groups (broad SMARTS) is 1. The van der Waals surface area contributed by atoms with E-state index in [1.165, 1.54) is 0 Å². The number of hydrogen-bond donors (Lipinski definition) is 3. The Balaban J connectivity index is 0.000000755. The molecule has 1 aromatic heterocycles. The van der Waals surface area contributed by atoms with Crippen LogP contribution < -0.4 is 10.2 Å². The molecule has 3 saturated heterocycles. The molecule has 4 heterocycles. The number of likely N-dealkylation sites (tertiary alicyclic amines) is 1. The number of nitrogens with zero attached hydrogens (tertiary/aromatic N) is 3. The van der Waals surface area contributed by atoms with E-state index in [1.54, 1.807) is 6.20 Å². The first-order chi connectivity index (χ1) is 14.0. The monoisotopic (exact) mass is 404 g/mol. The number of pyridine rings is 1. The zero-order chi connectivity index (χ0) is 20.9. The van der Waals surface area contributed by atoms with Gasteiger partial charge >= 0.3 is 0 Å². The van der Waals surface area contributed by atoms with Gasteiger partial charge in [0.05, 0.1) is 17.1 Å². The fraction of sp³-hybridized carbons (Fsp3) is 0.600. The number of carbonyl (C=O) groups excluding carboxylic acids is 2. The Hall–Kier alpha value is -2.68. The van der Waals surface area contributed by atoms with Crippen LogP contribution in [-0.2, 0) is 9.59 Å². The quantitative estimate of drug-likeness (QED) is 0.613. The van der Waals surface area contributed by atoms with Crippen LogP contribution in [0.25, 0.3) is 0 Å². The zero-order valence-electron chi connectivity index (χ0n) is 16.4.